The van der Waals surface area contributed by atoms with Gasteiger partial charge in [0.25, 0.3) is 5.91 Å². The highest BCUT2D eigenvalue weighted by Gasteiger charge is 2.18. The van der Waals surface area contributed by atoms with Crippen LogP contribution in [-0.4, -0.2) is 27.9 Å². The first-order valence-corrected chi connectivity index (χ1v) is 10.3. The van der Waals surface area contributed by atoms with E-state index in [1.54, 1.807) is 36.7 Å². The maximum absolute atomic E-state index is 12.5. The van der Waals surface area contributed by atoms with Crippen molar-refractivity contribution in [1.29, 1.82) is 0 Å². The van der Waals surface area contributed by atoms with Crippen LogP contribution in [-0.2, 0) is 0 Å². The van der Waals surface area contributed by atoms with E-state index in [1.807, 2.05) is 17.5 Å². The third-order valence-corrected chi connectivity index (χ3v) is 5.27. The molecule has 1 amide bonds. The molecule has 32 heavy (non-hydrogen) atoms. The van der Waals surface area contributed by atoms with Gasteiger partial charge in [-0.1, -0.05) is 0 Å². The molecule has 160 valence electrons. The maximum Gasteiger partial charge on any atom is 0.311 e. The number of hydrogen-bond donors (Lipinski definition) is 2. The maximum atomic E-state index is 12.5. The molecule has 0 bridgehead atoms. The van der Waals surface area contributed by atoms with Gasteiger partial charge in [-0.2, -0.15) is 0 Å². The van der Waals surface area contributed by atoms with Gasteiger partial charge in [0.15, 0.2) is 10.9 Å². The third kappa shape index (κ3) is 4.71. The number of amides is 1. The predicted molar refractivity (Wildman–Crippen MR) is 123 cm³/mol. The molecular weight excluding hydrogens is 430 g/mol. The fraction of sp³-hybridized carbons (Fsp3) is 0.0455. The first kappa shape index (κ1) is 20.9. The number of ether oxygens (including phenoxy) is 1. The highest BCUT2D eigenvalue weighted by molar-refractivity contribution is 7.14. The SMILES string of the molecule is COc1ccc(C(=O)Nc2ccc(Nc3nc(-c4ccncc4)cs3)cc2)cc1[N+](=O)[O-]. The van der Waals surface area contributed by atoms with E-state index in [0.29, 0.717) is 5.69 Å². The van der Waals surface area contributed by atoms with E-state index >= 15 is 0 Å². The van der Waals surface area contributed by atoms with E-state index in [2.05, 4.69) is 20.6 Å². The van der Waals surface area contributed by atoms with Crippen molar-refractivity contribution < 1.29 is 14.5 Å². The first-order chi connectivity index (χ1) is 15.5. The number of methoxy groups -OCH3 is 1. The normalized spacial score (nSPS) is 10.4. The smallest absolute Gasteiger partial charge is 0.311 e. The molecule has 0 radical (unpaired) electrons. The Morgan fingerprint density at radius 1 is 1.06 bits per heavy atom. The Labute approximate surface area is 186 Å². The highest BCUT2D eigenvalue weighted by Crippen LogP contribution is 2.29. The highest BCUT2D eigenvalue weighted by atomic mass is 32.1. The minimum Gasteiger partial charge on any atom is -0.490 e. The van der Waals surface area contributed by atoms with E-state index in [4.69, 9.17) is 4.74 Å². The van der Waals surface area contributed by atoms with Gasteiger partial charge in [-0.05, 0) is 48.5 Å². The van der Waals surface area contributed by atoms with Crippen LogP contribution in [0.1, 0.15) is 10.4 Å². The van der Waals surface area contributed by atoms with E-state index in [1.165, 1.54) is 36.6 Å². The number of nitrogens with one attached hydrogen (secondary N) is 2. The molecule has 0 unspecified atom stereocenters. The Morgan fingerprint density at radius 2 is 1.78 bits per heavy atom. The second-order valence-electron chi connectivity index (χ2n) is 6.57. The Bertz CT molecular complexity index is 1260. The van der Waals surface area contributed by atoms with Crippen molar-refractivity contribution in [3.8, 4) is 17.0 Å². The average Bonchev–Trinajstić information content (AvgIpc) is 3.29. The van der Waals surface area contributed by atoms with Crippen LogP contribution < -0.4 is 15.4 Å². The number of pyridine rings is 1. The molecule has 4 aromatic rings. The van der Waals surface area contributed by atoms with Crippen molar-refractivity contribution in [1.82, 2.24) is 9.97 Å². The Balaban J connectivity index is 1.42. The molecule has 2 N–H and O–H groups in total. The monoisotopic (exact) mass is 447 g/mol. The van der Waals surface area contributed by atoms with Gasteiger partial charge in [-0.25, -0.2) is 4.98 Å². The quantitative estimate of drug-likeness (QED) is 0.298. The van der Waals surface area contributed by atoms with Gasteiger partial charge in [0.05, 0.1) is 17.7 Å². The van der Waals surface area contributed by atoms with Crippen LogP contribution in [0.4, 0.5) is 22.2 Å². The van der Waals surface area contributed by atoms with E-state index in [9.17, 15) is 14.9 Å². The van der Waals surface area contributed by atoms with E-state index in [0.717, 1.165) is 22.1 Å². The van der Waals surface area contributed by atoms with Crippen LogP contribution >= 0.6 is 11.3 Å². The lowest BCUT2D eigenvalue weighted by atomic mass is 10.1. The number of hydrogen-bond acceptors (Lipinski definition) is 8. The van der Waals surface area contributed by atoms with E-state index < -0.39 is 10.8 Å². The summed E-state index contributed by atoms with van der Waals surface area (Å²) in [7, 11) is 1.34. The molecule has 2 aromatic carbocycles. The van der Waals surface area contributed by atoms with Gasteiger partial charge in [-0.3, -0.25) is 19.9 Å². The van der Waals surface area contributed by atoms with Crippen molar-refractivity contribution in [3.05, 3.63) is 88.0 Å². The Morgan fingerprint density at radius 3 is 2.47 bits per heavy atom. The molecule has 2 heterocycles. The predicted octanol–water partition coefficient (Wildman–Crippen LogP) is 5.12. The van der Waals surface area contributed by atoms with Crippen LogP contribution in [0.15, 0.2) is 72.4 Å². The zero-order valence-electron chi connectivity index (χ0n) is 16.8. The molecule has 0 aliphatic carbocycles. The average molecular weight is 447 g/mol. The first-order valence-electron chi connectivity index (χ1n) is 9.40. The van der Waals surface area contributed by atoms with Crippen molar-refractivity contribution in [2.75, 3.05) is 17.7 Å². The molecule has 0 aliphatic heterocycles. The summed E-state index contributed by atoms with van der Waals surface area (Å²) in [6.07, 6.45) is 3.44. The zero-order valence-corrected chi connectivity index (χ0v) is 17.6. The fourth-order valence-corrected chi connectivity index (χ4v) is 3.66. The molecule has 0 fully saturated rings. The lowest BCUT2D eigenvalue weighted by molar-refractivity contribution is -0.385. The largest absolute Gasteiger partial charge is 0.490 e. The van der Waals surface area contributed by atoms with Gasteiger partial charge < -0.3 is 15.4 Å². The second-order valence-corrected chi connectivity index (χ2v) is 7.43. The number of thiazole rings is 1. The molecule has 10 heteroatoms. The fourth-order valence-electron chi connectivity index (χ4n) is 2.92. The number of rotatable bonds is 7. The summed E-state index contributed by atoms with van der Waals surface area (Å²) in [5.74, 6) is -0.366. The molecule has 0 saturated carbocycles. The number of benzene rings is 2. The molecule has 0 aliphatic rings. The van der Waals surface area contributed by atoms with Crippen LogP contribution in [0.25, 0.3) is 11.3 Å². The number of nitro benzene ring substituents is 1. The Hall–Kier alpha value is -4.31. The Kier molecular flexibility index (Phi) is 6.04. The lowest BCUT2D eigenvalue weighted by Crippen LogP contribution is -2.12. The summed E-state index contributed by atoms with van der Waals surface area (Å²) in [5, 5.41) is 19.8. The van der Waals surface area contributed by atoms with Crippen LogP contribution in [0.5, 0.6) is 5.75 Å². The van der Waals surface area contributed by atoms with Crippen LogP contribution in [0, 0.1) is 10.1 Å². The second kappa shape index (κ2) is 9.23. The minimum absolute atomic E-state index is 0.0938. The summed E-state index contributed by atoms with van der Waals surface area (Å²) in [4.78, 5) is 31.6. The van der Waals surface area contributed by atoms with Crippen LogP contribution in [0.2, 0.25) is 0 Å². The van der Waals surface area contributed by atoms with Gasteiger partial charge in [0.1, 0.15) is 0 Å². The standard InChI is InChI=1S/C22H17N5O4S/c1-31-20-7-2-15(12-19(20)27(29)30)21(28)24-16-3-5-17(6-4-16)25-22-26-18(13-32-22)14-8-10-23-11-9-14/h2-13H,1H3,(H,24,28)(H,25,26). The summed E-state index contributed by atoms with van der Waals surface area (Å²) >= 11 is 1.48. The number of aromatic nitrogens is 2. The third-order valence-electron chi connectivity index (χ3n) is 4.51. The van der Waals surface area contributed by atoms with Crippen molar-refractivity contribution in [2.45, 2.75) is 0 Å². The zero-order chi connectivity index (χ0) is 22.5. The topological polar surface area (TPSA) is 119 Å². The van der Waals surface area contributed by atoms with Gasteiger partial charge in [0, 0.05) is 46.3 Å². The minimum atomic E-state index is -0.589. The lowest BCUT2D eigenvalue weighted by Gasteiger charge is -2.08. The van der Waals surface area contributed by atoms with Crippen LogP contribution in [0.3, 0.4) is 0 Å². The van der Waals surface area contributed by atoms with Gasteiger partial charge in [0.2, 0.25) is 0 Å². The van der Waals surface area contributed by atoms with Gasteiger partial charge in [-0.15, -0.1) is 11.3 Å². The number of carbonyl (C=O) groups excluding carboxylic acids is 1. The summed E-state index contributed by atoms with van der Waals surface area (Å²) in [6, 6.07) is 14.9. The molecule has 2 aromatic heterocycles. The molecular formula is C22H17N5O4S. The number of anilines is 3. The molecule has 0 saturated heterocycles. The van der Waals surface area contributed by atoms with E-state index in [-0.39, 0.29) is 17.0 Å². The summed E-state index contributed by atoms with van der Waals surface area (Å²) < 4.78 is 4.96. The molecule has 4 rings (SSSR count). The summed E-state index contributed by atoms with van der Waals surface area (Å²) in [5.41, 5.74) is 3.09. The number of nitro groups is 1. The van der Waals surface area contributed by atoms with Crippen molar-refractivity contribution >= 4 is 39.4 Å². The molecule has 0 atom stereocenters. The number of nitrogens with zero attached hydrogens (tertiary/aromatic N) is 3. The molecule has 9 nitrogen and oxygen atoms in total. The number of carbonyl (C=O) groups is 1. The van der Waals surface area contributed by atoms with Crippen molar-refractivity contribution in [3.63, 3.8) is 0 Å². The van der Waals surface area contributed by atoms with Crippen molar-refractivity contribution in [2.24, 2.45) is 0 Å². The summed E-state index contributed by atoms with van der Waals surface area (Å²) in [6.45, 7) is 0. The van der Waals surface area contributed by atoms with Gasteiger partial charge >= 0.3 is 5.69 Å². The molecule has 0 spiro atoms.